The van der Waals surface area contributed by atoms with Crippen molar-refractivity contribution < 1.29 is 8.42 Å². The summed E-state index contributed by atoms with van der Waals surface area (Å²) in [5.41, 5.74) is 7.67. The van der Waals surface area contributed by atoms with Crippen LogP contribution in [-0.2, 0) is 10.0 Å². The Balaban J connectivity index is 1.70. The number of rotatable bonds is 2. The number of benzene rings is 1. The van der Waals surface area contributed by atoms with Gasteiger partial charge in [0.25, 0.3) is 0 Å². The second-order valence-electron chi connectivity index (χ2n) is 6.08. The van der Waals surface area contributed by atoms with Gasteiger partial charge < -0.3 is 10.7 Å². The van der Waals surface area contributed by atoms with E-state index < -0.39 is 10.0 Å². The zero-order chi connectivity index (χ0) is 14.6. The molecule has 1 saturated carbocycles. The number of fused-ring (bicyclic) bond motifs is 3. The summed E-state index contributed by atoms with van der Waals surface area (Å²) in [4.78, 5) is 7.40. The van der Waals surface area contributed by atoms with Crippen molar-refractivity contribution in [2.24, 2.45) is 17.6 Å². The summed E-state index contributed by atoms with van der Waals surface area (Å²) in [6, 6.07) is 5.19. The average Bonchev–Trinajstić information content (AvgIpc) is 2.99. The summed E-state index contributed by atoms with van der Waals surface area (Å²) in [6.45, 7) is 1.09. The highest BCUT2D eigenvalue weighted by molar-refractivity contribution is 7.89. The summed E-state index contributed by atoms with van der Waals surface area (Å²) in [5.74, 6) is 0.601. The Morgan fingerprint density at radius 3 is 2.67 bits per heavy atom. The maximum absolute atomic E-state index is 12.8. The van der Waals surface area contributed by atoms with Gasteiger partial charge >= 0.3 is 0 Å². The number of sulfonamides is 1. The van der Waals surface area contributed by atoms with Crippen molar-refractivity contribution in [3.05, 3.63) is 24.5 Å². The van der Waals surface area contributed by atoms with Crippen molar-refractivity contribution in [2.75, 3.05) is 13.1 Å². The highest BCUT2D eigenvalue weighted by atomic mass is 32.2. The topological polar surface area (TPSA) is 92.1 Å². The van der Waals surface area contributed by atoms with Crippen molar-refractivity contribution in [3.63, 3.8) is 0 Å². The molecule has 1 aliphatic heterocycles. The third kappa shape index (κ3) is 1.99. The van der Waals surface area contributed by atoms with E-state index in [0.29, 0.717) is 29.8 Å². The molecule has 2 aliphatic rings. The molecule has 7 heteroatoms. The molecule has 0 amide bonds. The van der Waals surface area contributed by atoms with Gasteiger partial charge in [-0.15, -0.1) is 0 Å². The molecule has 6 nitrogen and oxygen atoms in total. The molecular formula is C14H18N4O2S. The van der Waals surface area contributed by atoms with Crippen LogP contribution < -0.4 is 5.73 Å². The van der Waals surface area contributed by atoms with Gasteiger partial charge in [-0.25, -0.2) is 13.4 Å². The number of hydrogen-bond donors (Lipinski definition) is 2. The number of imidazole rings is 1. The molecule has 1 aromatic carbocycles. The Kier molecular flexibility index (Phi) is 2.85. The van der Waals surface area contributed by atoms with Crippen molar-refractivity contribution in [1.29, 1.82) is 0 Å². The molecule has 21 heavy (non-hydrogen) atoms. The smallest absolute Gasteiger partial charge is 0.243 e. The molecule has 112 valence electrons. The van der Waals surface area contributed by atoms with Crippen LogP contribution >= 0.6 is 0 Å². The standard InChI is InChI=1S/C14H18N4O2S/c15-14-9-1-2-10(14)7-18(6-9)21(19,20)11-3-4-12-13(5-11)17-8-16-12/h3-5,8-10,14H,1-2,6-7,15H2,(H,16,17)/t9-,10+,14?. The Hall–Kier alpha value is -1.44. The van der Waals surface area contributed by atoms with E-state index in [1.54, 1.807) is 28.8 Å². The first-order valence-electron chi connectivity index (χ1n) is 7.24. The van der Waals surface area contributed by atoms with Gasteiger partial charge in [-0.3, -0.25) is 0 Å². The Morgan fingerprint density at radius 2 is 1.95 bits per heavy atom. The Morgan fingerprint density at radius 1 is 1.24 bits per heavy atom. The molecule has 1 saturated heterocycles. The van der Waals surface area contributed by atoms with E-state index in [9.17, 15) is 8.42 Å². The lowest BCUT2D eigenvalue weighted by Crippen LogP contribution is -2.50. The summed E-state index contributed by atoms with van der Waals surface area (Å²) >= 11 is 0. The number of nitrogens with two attached hydrogens (primary N) is 1. The predicted molar refractivity (Wildman–Crippen MR) is 79.0 cm³/mol. The van der Waals surface area contributed by atoms with Gasteiger partial charge in [-0.1, -0.05) is 0 Å². The minimum atomic E-state index is -3.45. The molecule has 2 aromatic rings. The molecule has 1 unspecified atom stereocenters. The predicted octanol–water partition coefficient (Wildman–Crippen LogP) is 0.921. The van der Waals surface area contributed by atoms with E-state index in [2.05, 4.69) is 9.97 Å². The highest BCUT2D eigenvalue weighted by Crippen LogP contribution is 2.37. The fourth-order valence-corrected chi connectivity index (χ4v) is 5.22. The molecular weight excluding hydrogens is 288 g/mol. The summed E-state index contributed by atoms with van der Waals surface area (Å²) in [7, 11) is -3.45. The monoisotopic (exact) mass is 306 g/mol. The molecule has 2 fully saturated rings. The molecule has 0 radical (unpaired) electrons. The number of nitrogens with one attached hydrogen (secondary N) is 1. The normalized spacial score (nSPS) is 30.0. The third-order valence-corrected chi connectivity index (χ3v) is 6.73. The first-order chi connectivity index (χ1) is 10.1. The zero-order valence-electron chi connectivity index (χ0n) is 11.6. The zero-order valence-corrected chi connectivity index (χ0v) is 12.4. The van der Waals surface area contributed by atoms with Crippen LogP contribution in [0.25, 0.3) is 11.0 Å². The lowest BCUT2D eigenvalue weighted by Gasteiger charge is -2.35. The van der Waals surface area contributed by atoms with E-state index in [-0.39, 0.29) is 6.04 Å². The van der Waals surface area contributed by atoms with Crippen LogP contribution in [0.5, 0.6) is 0 Å². The van der Waals surface area contributed by atoms with Gasteiger partial charge in [0.15, 0.2) is 0 Å². The van der Waals surface area contributed by atoms with Gasteiger partial charge in [-0.2, -0.15) is 4.31 Å². The van der Waals surface area contributed by atoms with Crippen LogP contribution in [-0.4, -0.2) is 41.8 Å². The number of H-pyrrole nitrogens is 1. The number of aromatic amines is 1. The van der Waals surface area contributed by atoms with E-state index >= 15 is 0 Å². The van der Waals surface area contributed by atoms with E-state index in [1.807, 2.05) is 0 Å². The molecule has 2 bridgehead atoms. The number of piperidine rings is 1. The number of aromatic nitrogens is 2. The van der Waals surface area contributed by atoms with E-state index in [1.165, 1.54) is 0 Å². The Bertz CT molecular complexity index is 771. The maximum Gasteiger partial charge on any atom is 0.243 e. The molecule has 4 rings (SSSR count). The van der Waals surface area contributed by atoms with Crippen LogP contribution in [0.1, 0.15) is 12.8 Å². The van der Waals surface area contributed by atoms with Crippen LogP contribution in [0.15, 0.2) is 29.4 Å². The second kappa shape index (κ2) is 4.53. The molecule has 3 atom stereocenters. The average molecular weight is 306 g/mol. The Labute approximate surface area is 123 Å². The first kappa shape index (κ1) is 13.2. The van der Waals surface area contributed by atoms with Gasteiger partial charge in [0.1, 0.15) is 0 Å². The molecule has 1 aromatic heterocycles. The van der Waals surface area contributed by atoms with Crippen molar-refractivity contribution in [3.8, 4) is 0 Å². The number of hydrogen-bond acceptors (Lipinski definition) is 4. The largest absolute Gasteiger partial charge is 0.345 e. The minimum Gasteiger partial charge on any atom is -0.345 e. The van der Waals surface area contributed by atoms with Gasteiger partial charge in [-0.05, 0) is 42.9 Å². The first-order valence-corrected chi connectivity index (χ1v) is 8.68. The minimum absolute atomic E-state index is 0.159. The summed E-state index contributed by atoms with van der Waals surface area (Å²) in [6.07, 6.45) is 3.65. The number of nitrogens with zero attached hydrogens (tertiary/aromatic N) is 2. The second-order valence-corrected chi connectivity index (χ2v) is 8.02. The van der Waals surface area contributed by atoms with Crippen molar-refractivity contribution in [1.82, 2.24) is 14.3 Å². The van der Waals surface area contributed by atoms with Crippen molar-refractivity contribution >= 4 is 21.1 Å². The quantitative estimate of drug-likeness (QED) is 0.863. The van der Waals surface area contributed by atoms with Gasteiger partial charge in [0.05, 0.1) is 22.3 Å². The van der Waals surface area contributed by atoms with Crippen LogP contribution in [0.2, 0.25) is 0 Å². The lowest BCUT2D eigenvalue weighted by molar-refractivity contribution is 0.228. The highest BCUT2D eigenvalue weighted by Gasteiger charge is 2.43. The van der Waals surface area contributed by atoms with Gasteiger partial charge in [0.2, 0.25) is 10.0 Å². The van der Waals surface area contributed by atoms with E-state index in [0.717, 1.165) is 23.9 Å². The lowest BCUT2D eigenvalue weighted by atomic mass is 9.95. The van der Waals surface area contributed by atoms with Crippen LogP contribution in [0, 0.1) is 11.8 Å². The van der Waals surface area contributed by atoms with Gasteiger partial charge in [0, 0.05) is 19.1 Å². The van der Waals surface area contributed by atoms with E-state index in [4.69, 9.17) is 5.73 Å². The molecule has 3 N–H and O–H groups in total. The molecule has 2 heterocycles. The van der Waals surface area contributed by atoms with Crippen molar-refractivity contribution in [2.45, 2.75) is 23.8 Å². The fourth-order valence-electron chi connectivity index (χ4n) is 3.64. The molecule has 0 spiro atoms. The third-order valence-electron chi connectivity index (χ3n) is 4.90. The summed E-state index contributed by atoms with van der Waals surface area (Å²) < 4.78 is 27.3. The maximum atomic E-state index is 12.8. The molecule has 1 aliphatic carbocycles. The summed E-state index contributed by atoms with van der Waals surface area (Å²) in [5, 5.41) is 0. The fraction of sp³-hybridized carbons (Fsp3) is 0.500. The SMILES string of the molecule is NC1[C@@H]2CC[C@H]1CN(S(=O)(=O)c1ccc3nc[nH]c3c1)C2. The van der Waals surface area contributed by atoms with Crippen LogP contribution in [0.3, 0.4) is 0 Å². The van der Waals surface area contributed by atoms with Crippen LogP contribution in [0.4, 0.5) is 0 Å².